The second-order valence-electron chi connectivity index (χ2n) is 7.50. The summed E-state index contributed by atoms with van der Waals surface area (Å²) in [5.74, 6) is 1.06. The number of hydrogen-bond acceptors (Lipinski definition) is 5. The summed E-state index contributed by atoms with van der Waals surface area (Å²) in [4.78, 5) is 16.6. The smallest absolute Gasteiger partial charge is 0.416 e. The summed E-state index contributed by atoms with van der Waals surface area (Å²) in [6.45, 7) is 0.414. The highest BCUT2D eigenvalue weighted by Crippen LogP contribution is 2.36. The van der Waals surface area contributed by atoms with Gasteiger partial charge in [0.25, 0.3) is 5.91 Å². The highest BCUT2D eigenvalue weighted by atomic mass is 32.1. The van der Waals surface area contributed by atoms with Crippen LogP contribution in [0.25, 0.3) is 10.6 Å². The van der Waals surface area contributed by atoms with Gasteiger partial charge in [-0.1, -0.05) is 18.2 Å². The SMILES string of the molecule is COc1cc(-c2nc(C(=O)NCC3CC3)cs2)ccc1OCc1ccccc1C(F)(F)F. The highest BCUT2D eigenvalue weighted by molar-refractivity contribution is 7.13. The largest absolute Gasteiger partial charge is 0.493 e. The van der Waals surface area contributed by atoms with Crippen molar-refractivity contribution in [2.24, 2.45) is 5.92 Å². The number of halogens is 3. The Morgan fingerprint density at radius 3 is 2.69 bits per heavy atom. The molecule has 9 heteroatoms. The average Bonchev–Trinajstić information content (AvgIpc) is 3.49. The summed E-state index contributed by atoms with van der Waals surface area (Å²) in [5, 5.41) is 5.22. The predicted molar refractivity (Wildman–Crippen MR) is 115 cm³/mol. The number of nitrogens with zero attached hydrogens (tertiary/aromatic N) is 1. The maximum atomic E-state index is 13.2. The van der Waals surface area contributed by atoms with Crippen molar-refractivity contribution >= 4 is 17.2 Å². The van der Waals surface area contributed by atoms with Crippen LogP contribution in [-0.4, -0.2) is 24.5 Å². The summed E-state index contributed by atoms with van der Waals surface area (Å²) in [5.41, 5.74) is 0.378. The fourth-order valence-electron chi connectivity index (χ4n) is 3.16. The van der Waals surface area contributed by atoms with Gasteiger partial charge >= 0.3 is 6.18 Å². The molecule has 0 radical (unpaired) electrons. The number of alkyl halides is 3. The van der Waals surface area contributed by atoms with Gasteiger partial charge in [0.15, 0.2) is 11.5 Å². The Morgan fingerprint density at radius 2 is 1.97 bits per heavy atom. The molecule has 168 valence electrons. The number of rotatable bonds is 8. The van der Waals surface area contributed by atoms with Crippen LogP contribution >= 0.6 is 11.3 Å². The summed E-state index contributed by atoms with van der Waals surface area (Å²) in [6.07, 6.45) is -2.15. The zero-order valence-corrected chi connectivity index (χ0v) is 18.1. The van der Waals surface area contributed by atoms with Gasteiger partial charge in [-0.15, -0.1) is 11.3 Å². The molecule has 0 atom stereocenters. The molecule has 1 amide bonds. The number of nitrogens with one attached hydrogen (secondary N) is 1. The molecule has 0 aliphatic heterocycles. The van der Waals surface area contributed by atoms with Crippen LogP contribution in [0.5, 0.6) is 11.5 Å². The minimum atomic E-state index is -4.46. The number of thiazole rings is 1. The number of amides is 1. The number of carbonyl (C=O) groups excluding carboxylic acids is 1. The monoisotopic (exact) mass is 462 g/mol. The van der Waals surface area contributed by atoms with Crippen LogP contribution in [0.3, 0.4) is 0 Å². The Morgan fingerprint density at radius 1 is 1.19 bits per heavy atom. The van der Waals surface area contributed by atoms with Crippen molar-refractivity contribution in [2.75, 3.05) is 13.7 Å². The van der Waals surface area contributed by atoms with Gasteiger partial charge in [0.1, 0.15) is 17.3 Å². The Bertz CT molecular complexity index is 1110. The molecular formula is C23H21F3N2O3S. The van der Waals surface area contributed by atoms with E-state index in [1.807, 2.05) is 0 Å². The lowest BCUT2D eigenvalue weighted by Crippen LogP contribution is -2.25. The van der Waals surface area contributed by atoms with E-state index < -0.39 is 11.7 Å². The lowest BCUT2D eigenvalue weighted by atomic mass is 10.1. The van der Waals surface area contributed by atoms with Crippen LogP contribution in [0.15, 0.2) is 47.8 Å². The number of ether oxygens (including phenoxy) is 2. The molecule has 1 aromatic heterocycles. The van der Waals surface area contributed by atoms with Crippen molar-refractivity contribution in [3.63, 3.8) is 0 Å². The van der Waals surface area contributed by atoms with Crippen molar-refractivity contribution in [3.05, 3.63) is 64.7 Å². The van der Waals surface area contributed by atoms with E-state index >= 15 is 0 Å². The molecule has 0 saturated heterocycles. The molecule has 32 heavy (non-hydrogen) atoms. The third-order valence-electron chi connectivity index (χ3n) is 5.10. The molecule has 4 rings (SSSR count). The Hall–Kier alpha value is -3.07. The third-order valence-corrected chi connectivity index (χ3v) is 5.99. The van der Waals surface area contributed by atoms with Gasteiger partial charge in [-0.25, -0.2) is 4.98 Å². The van der Waals surface area contributed by atoms with E-state index in [2.05, 4.69) is 10.3 Å². The van der Waals surface area contributed by atoms with Crippen molar-refractivity contribution in [2.45, 2.75) is 25.6 Å². The lowest BCUT2D eigenvalue weighted by molar-refractivity contribution is -0.138. The van der Waals surface area contributed by atoms with Gasteiger partial charge < -0.3 is 14.8 Å². The Balaban J connectivity index is 1.47. The minimum Gasteiger partial charge on any atom is -0.493 e. The zero-order chi connectivity index (χ0) is 22.7. The second kappa shape index (κ2) is 9.20. The van der Waals surface area contributed by atoms with Gasteiger partial charge in [0, 0.05) is 23.1 Å². The van der Waals surface area contributed by atoms with Gasteiger partial charge in [-0.3, -0.25) is 4.79 Å². The molecule has 1 aliphatic carbocycles. The topological polar surface area (TPSA) is 60.5 Å². The van der Waals surface area contributed by atoms with E-state index in [0.717, 1.165) is 24.5 Å². The van der Waals surface area contributed by atoms with Crippen LogP contribution in [0.2, 0.25) is 0 Å². The summed E-state index contributed by atoms with van der Waals surface area (Å²) in [7, 11) is 1.45. The second-order valence-corrected chi connectivity index (χ2v) is 8.36. The van der Waals surface area contributed by atoms with Crippen LogP contribution < -0.4 is 14.8 Å². The number of benzene rings is 2. The molecule has 3 aromatic rings. The van der Waals surface area contributed by atoms with E-state index in [1.54, 1.807) is 23.6 Å². The first-order valence-electron chi connectivity index (χ1n) is 10.0. The van der Waals surface area contributed by atoms with E-state index in [0.29, 0.717) is 34.7 Å². The maximum Gasteiger partial charge on any atom is 0.416 e. The third kappa shape index (κ3) is 5.21. The number of methoxy groups -OCH3 is 1. The molecule has 1 heterocycles. The minimum absolute atomic E-state index is 0.0351. The lowest BCUT2D eigenvalue weighted by Gasteiger charge is -2.15. The first kappa shape index (κ1) is 22.1. The molecular weight excluding hydrogens is 441 g/mol. The molecule has 1 N–H and O–H groups in total. The number of carbonyl (C=O) groups is 1. The normalized spacial score (nSPS) is 13.6. The summed E-state index contributed by atoms with van der Waals surface area (Å²) in [6, 6.07) is 10.3. The van der Waals surface area contributed by atoms with E-state index in [1.165, 1.54) is 36.6 Å². The van der Waals surface area contributed by atoms with Crippen LogP contribution in [0, 0.1) is 5.92 Å². The quantitative estimate of drug-likeness (QED) is 0.476. The highest BCUT2D eigenvalue weighted by Gasteiger charge is 2.33. The number of aromatic nitrogens is 1. The van der Waals surface area contributed by atoms with Crippen LogP contribution in [0.4, 0.5) is 13.2 Å². The van der Waals surface area contributed by atoms with E-state index in [4.69, 9.17) is 9.47 Å². The standard InChI is InChI=1S/C23H21F3N2O3S/c1-30-20-10-15(22-28-18(13-32-22)21(29)27-11-14-6-7-14)8-9-19(20)31-12-16-4-2-3-5-17(16)23(24,25)26/h2-5,8-10,13-14H,6-7,11-12H2,1H3,(H,27,29). The van der Waals surface area contributed by atoms with Crippen molar-refractivity contribution in [3.8, 4) is 22.1 Å². The summed E-state index contributed by atoms with van der Waals surface area (Å²) < 4.78 is 50.6. The van der Waals surface area contributed by atoms with Crippen molar-refractivity contribution < 1.29 is 27.4 Å². The first-order chi connectivity index (χ1) is 15.3. The van der Waals surface area contributed by atoms with Gasteiger partial charge in [-0.05, 0) is 43.0 Å². The molecule has 0 unspecified atom stereocenters. The Kier molecular flexibility index (Phi) is 6.36. The van der Waals surface area contributed by atoms with Crippen molar-refractivity contribution in [1.29, 1.82) is 0 Å². The van der Waals surface area contributed by atoms with Crippen LogP contribution in [0.1, 0.15) is 34.5 Å². The van der Waals surface area contributed by atoms with E-state index in [9.17, 15) is 18.0 Å². The van der Waals surface area contributed by atoms with Crippen molar-refractivity contribution in [1.82, 2.24) is 10.3 Å². The molecule has 0 spiro atoms. The zero-order valence-electron chi connectivity index (χ0n) is 17.2. The predicted octanol–water partition coefficient (Wildman–Crippen LogP) is 5.56. The fourth-order valence-corrected chi connectivity index (χ4v) is 3.96. The molecule has 0 bridgehead atoms. The Labute approximate surface area is 187 Å². The molecule has 1 saturated carbocycles. The van der Waals surface area contributed by atoms with E-state index in [-0.39, 0.29) is 18.1 Å². The van der Waals surface area contributed by atoms with Gasteiger partial charge in [0.2, 0.25) is 0 Å². The molecule has 2 aromatic carbocycles. The molecule has 5 nitrogen and oxygen atoms in total. The van der Waals surface area contributed by atoms with Gasteiger partial charge in [-0.2, -0.15) is 13.2 Å². The molecule has 1 aliphatic rings. The number of hydrogen-bond donors (Lipinski definition) is 1. The van der Waals surface area contributed by atoms with Crippen LogP contribution in [-0.2, 0) is 12.8 Å². The first-order valence-corrected chi connectivity index (χ1v) is 10.9. The average molecular weight is 462 g/mol. The van der Waals surface area contributed by atoms with Gasteiger partial charge in [0.05, 0.1) is 12.7 Å². The molecule has 1 fully saturated rings. The summed E-state index contributed by atoms with van der Waals surface area (Å²) >= 11 is 1.33. The maximum absolute atomic E-state index is 13.2. The fraction of sp³-hybridized carbons (Fsp3) is 0.304.